The summed E-state index contributed by atoms with van der Waals surface area (Å²) >= 11 is 0. The van der Waals surface area contributed by atoms with E-state index in [4.69, 9.17) is 0 Å². The molecule has 3 saturated heterocycles. The number of piperidine rings is 1. The summed E-state index contributed by atoms with van der Waals surface area (Å²) in [6, 6.07) is 0.265. The van der Waals surface area contributed by atoms with Crippen molar-refractivity contribution in [1.82, 2.24) is 14.5 Å². The van der Waals surface area contributed by atoms with Crippen LogP contribution in [-0.2, 0) is 14.8 Å². The van der Waals surface area contributed by atoms with Gasteiger partial charge in [0.25, 0.3) is 5.91 Å². The maximum absolute atomic E-state index is 13.5. The first-order valence-corrected chi connectivity index (χ1v) is 11.2. The minimum atomic E-state index is -3.55. The molecule has 3 heterocycles. The smallest absolute Gasteiger partial charge is 0.258 e. The van der Waals surface area contributed by atoms with Crippen LogP contribution in [0.15, 0.2) is 0 Å². The fourth-order valence-electron chi connectivity index (χ4n) is 5.55. The summed E-state index contributed by atoms with van der Waals surface area (Å²) in [5.41, 5.74) is -0.724. The van der Waals surface area contributed by atoms with Crippen molar-refractivity contribution in [2.45, 2.75) is 89.0 Å². The van der Waals surface area contributed by atoms with Gasteiger partial charge in [-0.15, -0.1) is 0 Å². The van der Waals surface area contributed by atoms with E-state index in [2.05, 4.69) is 31.0 Å². The average Bonchev–Trinajstić information content (AvgIpc) is 3.01. The third-order valence-corrected chi connectivity index (χ3v) is 7.37. The van der Waals surface area contributed by atoms with Gasteiger partial charge < -0.3 is 5.32 Å². The number of nitrogens with one attached hydrogen (secondary N) is 1. The van der Waals surface area contributed by atoms with Crippen molar-refractivity contribution < 1.29 is 13.2 Å². The van der Waals surface area contributed by atoms with Gasteiger partial charge in [0.15, 0.2) is 0 Å². The molecule has 3 rings (SSSR count). The monoisotopic (exact) mass is 357 g/mol. The Hall–Kier alpha value is -0.660. The van der Waals surface area contributed by atoms with E-state index in [0.717, 1.165) is 25.8 Å². The predicted molar refractivity (Wildman–Crippen MR) is 94.1 cm³/mol. The molecular formula is C17H31N3O3S. The van der Waals surface area contributed by atoms with Gasteiger partial charge in [0.1, 0.15) is 5.54 Å². The molecule has 6 nitrogen and oxygen atoms in total. The number of rotatable bonds is 4. The summed E-state index contributed by atoms with van der Waals surface area (Å²) in [7, 11) is -3.55. The van der Waals surface area contributed by atoms with Crippen molar-refractivity contribution in [3.8, 4) is 0 Å². The van der Waals surface area contributed by atoms with Gasteiger partial charge in [0, 0.05) is 12.1 Å². The standard InChI is InChI=1S/C17H31N3O3S/c1-5-10-17(19-12(2)7-6-8-13(19)3)15-14(9-11-18-15)20(16(17)21)24(4,22)23/h12-15,18H,5-11H2,1-4H3. The molecule has 0 aliphatic carbocycles. The highest BCUT2D eigenvalue weighted by Crippen LogP contribution is 2.46. The van der Waals surface area contributed by atoms with Crippen molar-refractivity contribution in [3.63, 3.8) is 0 Å². The van der Waals surface area contributed by atoms with Gasteiger partial charge in [-0.2, -0.15) is 0 Å². The lowest BCUT2D eigenvalue weighted by Gasteiger charge is -2.51. The number of hydrogen-bond acceptors (Lipinski definition) is 5. The first kappa shape index (κ1) is 18.1. The lowest BCUT2D eigenvalue weighted by molar-refractivity contribution is -0.141. The lowest BCUT2D eigenvalue weighted by Crippen LogP contribution is -2.68. The second kappa shape index (κ2) is 6.25. The van der Waals surface area contributed by atoms with Gasteiger partial charge in [-0.05, 0) is 46.1 Å². The molecule has 3 aliphatic rings. The third-order valence-electron chi connectivity index (χ3n) is 6.22. The SMILES string of the molecule is CCCC1(N2C(C)CCCC2C)C(=O)N(S(C)(=O)=O)C2CCNC21. The number of likely N-dealkylation sites (tertiary alicyclic amines) is 1. The van der Waals surface area contributed by atoms with Gasteiger partial charge in [0.2, 0.25) is 10.0 Å². The van der Waals surface area contributed by atoms with Crippen molar-refractivity contribution in [2.24, 2.45) is 0 Å². The first-order chi connectivity index (χ1) is 11.2. The Morgan fingerprint density at radius 2 is 1.83 bits per heavy atom. The van der Waals surface area contributed by atoms with E-state index in [1.54, 1.807) is 0 Å². The molecule has 138 valence electrons. The molecule has 7 heteroatoms. The molecule has 5 atom stereocenters. The molecule has 3 fully saturated rings. The van der Waals surface area contributed by atoms with Gasteiger partial charge in [-0.25, -0.2) is 12.7 Å². The molecule has 0 aromatic carbocycles. The third kappa shape index (κ3) is 2.51. The second-order valence-corrected chi connectivity index (χ2v) is 9.72. The molecular weight excluding hydrogens is 326 g/mol. The number of nitrogens with zero attached hydrogens (tertiary/aromatic N) is 2. The highest BCUT2D eigenvalue weighted by atomic mass is 32.2. The first-order valence-electron chi connectivity index (χ1n) is 9.30. The molecule has 5 unspecified atom stereocenters. The van der Waals surface area contributed by atoms with Gasteiger partial charge in [0.05, 0.1) is 18.3 Å². The summed E-state index contributed by atoms with van der Waals surface area (Å²) in [5.74, 6) is -0.199. The number of carbonyl (C=O) groups is 1. The molecule has 0 aromatic rings. The summed E-state index contributed by atoms with van der Waals surface area (Å²) in [6.45, 7) is 7.24. The van der Waals surface area contributed by atoms with E-state index in [0.29, 0.717) is 24.9 Å². The Morgan fingerprint density at radius 1 is 1.21 bits per heavy atom. The van der Waals surface area contributed by atoms with Crippen LogP contribution in [0, 0.1) is 0 Å². The Balaban J connectivity index is 2.13. The number of fused-ring (bicyclic) bond motifs is 1. The molecule has 0 spiro atoms. The van der Waals surface area contributed by atoms with Crippen molar-refractivity contribution >= 4 is 15.9 Å². The Morgan fingerprint density at radius 3 is 2.38 bits per heavy atom. The maximum Gasteiger partial charge on any atom is 0.258 e. The Bertz CT molecular complexity index is 598. The minimum absolute atomic E-state index is 0.0947. The highest BCUT2D eigenvalue weighted by molar-refractivity contribution is 7.89. The highest BCUT2D eigenvalue weighted by Gasteiger charge is 2.66. The van der Waals surface area contributed by atoms with Gasteiger partial charge in [-0.1, -0.05) is 19.8 Å². The zero-order valence-electron chi connectivity index (χ0n) is 15.3. The number of amides is 1. The summed E-state index contributed by atoms with van der Waals surface area (Å²) in [5, 5.41) is 3.50. The molecule has 3 aliphatic heterocycles. The van der Waals surface area contributed by atoms with Crippen LogP contribution in [0.5, 0.6) is 0 Å². The molecule has 0 bridgehead atoms. The molecule has 1 N–H and O–H groups in total. The molecule has 1 amide bonds. The van der Waals surface area contributed by atoms with Crippen LogP contribution in [-0.4, -0.2) is 66.0 Å². The fraction of sp³-hybridized carbons (Fsp3) is 0.941. The number of sulfonamides is 1. The van der Waals surface area contributed by atoms with E-state index in [-0.39, 0.29) is 18.0 Å². The van der Waals surface area contributed by atoms with Gasteiger partial charge in [-0.3, -0.25) is 9.69 Å². The zero-order valence-corrected chi connectivity index (χ0v) is 16.1. The van der Waals surface area contributed by atoms with E-state index < -0.39 is 15.6 Å². The van der Waals surface area contributed by atoms with Crippen LogP contribution in [0.3, 0.4) is 0 Å². The second-order valence-electron chi connectivity index (χ2n) is 7.86. The molecule has 0 saturated carbocycles. The fourth-order valence-corrected chi connectivity index (χ4v) is 6.73. The van der Waals surface area contributed by atoms with Crippen molar-refractivity contribution in [2.75, 3.05) is 12.8 Å². The van der Waals surface area contributed by atoms with Gasteiger partial charge >= 0.3 is 0 Å². The molecule has 24 heavy (non-hydrogen) atoms. The summed E-state index contributed by atoms with van der Waals surface area (Å²) < 4.78 is 26.0. The topological polar surface area (TPSA) is 69.7 Å². The Kier molecular flexibility index (Phi) is 4.73. The van der Waals surface area contributed by atoms with Crippen LogP contribution in [0.25, 0.3) is 0 Å². The van der Waals surface area contributed by atoms with Crippen LogP contribution < -0.4 is 5.32 Å². The van der Waals surface area contributed by atoms with Crippen LogP contribution >= 0.6 is 0 Å². The minimum Gasteiger partial charge on any atom is -0.310 e. The van der Waals surface area contributed by atoms with E-state index in [1.165, 1.54) is 17.0 Å². The van der Waals surface area contributed by atoms with E-state index >= 15 is 0 Å². The van der Waals surface area contributed by atoms with Crippen molar-refractivity contribution in [1.29, 1.82) is 0 Å². The predicted octanol–water partition coefficient (Wildman–Crippen LogP) is 1.32. The van der Waals surface area contributed by atoms with E-state index in [1.807, 2.05) is 0 Å². The van der Waals surface area contributed by atoms with E-state index in [9.17, 15) is 13.2 Å². The number of hydrogen-bond donors (Lipinski definition) is 1. The summed E-state index contributed by atoms with van der Waals surface area (Å²) in [4.78, 5) is 15.9. The quantitative estimate of drug-likeness (QED) is 0.822. The maximum atomic E-state index is 13.5. The Labute approximate surface area is 146 Å². The molecule has 0 aromatic heterocycles. The van der Waals surface area contributed by atoms with Crippen molar-refractivity contribution in [3.05, 3.63) is 0 Å². The average molecular weight is 358 g/mol. The summed E-state index contributed by atoms with van der Waals surface area (Å²) in [6.07, 6.45) is 6.77. The largest absolute Gasteiger partial charge is 0.310 e. The van der Waals surface area contributed by atoms with Crippen LogP contribution in [0.2, 0.25) is 0 Å². The zero-order chi connectivity index (χ0) is 17.7. The lowest BCUT2D eigenvalue weighted by atomic mass is 9.79. The van der Waals surface area contributed by atoms with Crippen LogP contribution in [0.4, 0.5) is 0 Å². The number of carbonyl (C=O) groups excluding carboxylic acids is 1. The van der Waals surface area contributed by atoms with Crippen LogP contribution in [0.1, 0.15) is 59.3 Å². The molecule has 0 radical (unpaired) electrons. The normalized spacial score (nSPS) is 41.0.